The number of nitrogens with zero attached hydrogens (tertiary/aromatic N) is 4. The summed E-state index contributed by atoms with van der Waals surface area (Å²) >= 11 is 0. The van der Waals surface area contributed by atoms with Crippen LogP contribution in [0.1, 0.15) is 13.8 Å². The van der Waals surface area contributed by atoms with E-state index in [1.165, 1.54) is 18.3 Å². The Balaban J connectivity index is 2.31. The summed E-state index contributed by atoms with van der Waals surface area (Å²) in [6.45, 7) is 4.57. The number of likely N-dealkylation sites (N-methyl/N-ethyl adjacent to an activating group) is 1. The molecule has 86 valence electrons. The van der Waals surface area contributed by atoms with Crippen LogP contribution >= 0.6 is 0 Å². The summed E-state index contributed by atoms with van der Waals surface area (Å²) in [6, 6.07) is -0.944. The summed E-state index contributed by atoms with van der Waals surface area (Å²) in [4.78, 5) is 34.3. The van der Waals surface area contributed by atoms with Crippen molar-refractivity contribution in [2.45, 2.75) is 19.9 Å². The van der Waals surface area contributed by atoms with Crippen LogP contribution in [0.4, 0.5) is 4.79 Å². The molecule has 1 unspecified atom stereocenters. The molecule has 0 saturated carbocycles. The zero-order valence-corrected chi connectivity index (χ0v) is 9.54. The number of carbonyl (C=O) groups is 2. The van der Waals surface area contributed by atoms with E-state index in [1.807, 2.05) is 13.8 Å². The van der Waals surface area contributed by atoms with Crippen LogP contribution in [0.15, 0.2) is 9.98 Å². The number of imide groups is 1. The first-order valence-corrected chi connectivity index (χ1v) is 5.20. The highest BCUT2D eigenvalue weighted by molar-refractivity contribution is 6.23. The topological polar surface area (TPSA) is 65.3 Å². The summed E-state index contributed by atoms with van der Waals surface area (Å²) < 4.78 is 0. The Kier molecular flexibility index (Phi) is 2.49. The van der Waals surface area contributed by atoms with Crippen LogP contribution in [0.2, 0.25) is 0 Å². The van der Waals surface area contributed by atoms with Crippen LogP contribution in [-0.4, -0.2) is 53.5 Å². The van der Waals surface area contributed by atoms with E-state index in [4.69, 9.17) is 0 Å². The standard InChI is InChI=1S/C10H14N4O2/c1-6(2)4-14-8-7(11-5-12-8)9(15)13(3)10(14)16/h5-7H,4H2,1-3H3. The maximum atomic E-state index is 11.9. The minimum atomic E-state index is -0.624. The van der Waals surface area contributed by atoms with Crippen molar-refractivity contribution in [3.05, 3.63) is 0 Å². The normalized spacial score (nSPS) is 24.2. The minimum Gasteiger partial charge on any atom is -0.279 e. The first kappa shape index (κ1) is 10.8. The Morgan fingerprint density at radius 1 is 1.44 bits per heavy atom. The Hall–Kier alpha value is -1.72. The molecule has 0 aromatic heterocycles. The van der Waals surface area contributed by atoms with Gasteiger partial charge >= 0.3 is 6.03 Å². The van der Waals surface area contributed by atoms with E-state index in [0.29, 0.717) is 18.3 Å². The van der Waals surface area contributed by atoms with E-state index in [2.05, 4.69) is 9.98 Å². The maximum Gasteiger partial charge on any atom is 0.331 e. The molecule has 3 amide bonds. The van der Waals surface area contributed by atoms with Gasteiger partial charge in [-0.05, 0) is 5.92 Å². The lowest BCUT2D eigenvalue weighted by atomic mass is 10.1. The van der Waals surface area contributed by atoms with E-state index < -0.39 is 6.04 Å². The molecule has 2 heterocycles. The number of fused-ring (bicyclic) bond motifs is 1. The molecule has 0 aliphatic carbocycles. The molecule has 6 heteroatoms. The summed E-state index contributed by atoms with van der Waals surface area (Å²) in [5, 5.41) is 0. The number of amidine groups is 1. The highest BCUT2D eigenvalue weighted by Gasteiger charge is 2.43. The highest BCUT2D eigenvalue weighted by atomic mass is 16.2. The van der Waals surface area contributed by atoms with Crippen molar-refractivity contribution in [2.75, 3.05) is 13.6 Å². The lowest BCUT2D eigenvalue weighted by molar-refractivity contribution is -0.128. The van der Waals surface area contributed by atoms with Crippen LogP contribution in [0.25, 0.3) is 0 Å². The van der Waals surface area contributed by atoms with Gasteiger partial charge in [-0.3, -0.25) is 19.6 Å². The Bertz CT molecular complexity index is 400. The Labute approximate surface area is 93.6 Å². The Morgan fingerprint density at radius 2 is 2.12 bits per heavy atom. The number of aliphatic imine (C=N–C) groups is 2. The van der Waals surface area contributed by atoms with E-state index in [0.717, 1.165) is 4.90 Å². The summed E-state index contributed by atoms with van der Waals surface area (Å²) in [7, 11) is 1.47. The highest BCUT2D eigenvalue weighted by Crippen LogP contribution is 2.18. The number of hydrogen-bond acceptors (Lipinski definition) is 4. The fourth-order valence-corrected chi connectivity index (χ4v) is 1.78. The van der Waals surface area contributed by atoms with Gasteiger partial charge in [-0.25, -0.2) is 9.79 Å². The van der Waals surface area contributed by atoms with Crippen LogP contribution in [0.5, 0.6) is 0 Å². The second-order valence-electron chi connectivity index (χ2n) is 4.34. The molecular weight excluding hydrogens is 208 g/mol. The van der Waals surface area contributed by atoms with Gasteiger partial charge in [0.25, 0.3) is 5.91 Å². The van der Waals surface area contributed by atoms with Crippen LogP contribution in [-0.2, 0) is 4.79 Å². The van der Waals surface area contributed by atoms with Gasteiger partial charge in [-0.2, -0.15) is 0 Å². The molecule has 1 saturated heterocycles. The molecule has 0 radical (unpaired) electrons. The zero-order valence-electron chi connectivity index (χ0n) is 9.54. The predicted molar refractivity (Wildman–Crippen MR) is 59.4 cm³/mol. The molecule has 0 N–H and O–H groups in total. The van der Waals surface area contributed by atoms with E-state index in [9.17, 15) is 9.59 Å². The number of carbonyl (C=O) groups excluding carboxylic acids is 2. The number of urea groups is 1. The first-order valence-electron chi connectivity index (χ1n) is 5.20. The molecule has 0 aromatic carbocycles. The van der Waals surface area contributed by atoms with Crippen molar-refractivity contribution in [1.82, 2.24) is 9.80 Å². The molecule has 0 bridgehead atoms. The van der Waals surface area contributed by atoms with Crippen LogP contribution < -0.4 is 0 Å². The lowest BCUT2D eigenvalue weighted by Crippen LogP contribution is -2.60. The molecular formula is C10H14N4O2. The van der Waals surface area contributed by atoms with Crippen molar-refractivity contribution in [2.24, 2.45) is 15.9 Å². The first-order chi connectivity index (χ1) is 7.52. The van der Waals surface area contributed by atoms with Gasteiger partial charge in [-0.15, -0.1) is 0 Å². The average Bonchev–Trinajstić information content (AvgIpc) is 2.69. The molecule has 2 rings (SSSR count). The monoisotopic (exact) mass is 222 g/mol. The molecule has 2 aliphatic rings. The fourth-order valence-electron chi connectivity index (χ4n) is 1.78. The third-order valence-corrected chi connectivity index (χ3v) is 2.56. The van der Waals surface area contributed by atoms with Gasteiger partial charge in [0.15, 0.2) is 6.04 Å². The summed E-state index contributed by atoms with van der Waals surface area (Å²) in [5.74, 6) is 0.466. The second-order valence-corrected chi connectivity index (χ2v) is 4.34. The molecule has 0 spiro atoms. The van der Waals surface area contributed by atoms with Crippen molar-refractivity contribution < 1.29 is 9.59 Å². The lowest BCUT2D eigenvalue weighted by Gasteiger charge is -2.35. The van der Waals surface area contributed by atoms with E-state index in [-0.39, 0.29) is 11.9 Å². The van der Waals surface area contributed by atoms with E-state index >= 15 is 0 Å². The smallest absolute Gasteiger partial charge is 0.279 e. The second kappa shape index (κ2) is 3.70. The fraction of sp³-hybridized carbons (Fsp3) is 0.600. The number of rotatable bonds is 2. The molecule has 6 nitrogen and oxygen atoms in total. The third-order valence-electron chi connectivity index (χ3n) is 2.56. The minimum absolute atomic E-state index is 0.308. The third kappa shape index (κ3) is 1.50. The van der Waals surface area contributed by atoms with Gasteiger partial charge in [0.05, 0.1) is 0 Å². The summed E-state index contributed by atoms with van der Waals surface area (Å²) in [5.41, 5.74) is 0. The summed E-state index contributed by atoms with van der Waals surface area (Å²) in [6.07, 6.45) is 1.34. The largest absolute Gasteiger partial charge is 0.331 e. The molecule has 0 aromatic rings. The number of amides is 3. The van der Waals surface area contributed by atoms with Crippen molar-refractivity contribution in [1.29, 1.82) is 0 Å². The molecule has 16 heavy (non-hydrogen) atoms. The van der Waals surface area contributed by atoms with Gasteiger partial charge in [0.1, 0.15) is 12.2 Å². The van der Waals surface area contributed by atoms with E-state index in [1.54, 1.807) is 0 Å². The predicted octanol–water partition coefficient (Wildman–Crippen LogP) is 0.345. The molecule has 1 fully saturated rings. The number of hydrogen-bond donors (Lipinski definition) is 0. The van der Waals surface area contributed by atoms with Gasteiger partial charge < -0.3 is 0 Å². The SMILES string of the molecule is CC(C)CN1C(=O)N(C)C(=O)C2N=CN=C21. The van der Waals surface area contributed by atoms with Gasteiger partial charge in [0, 0.05) is 13.6 Å². The van der Waals surface area contributed by atoms with Gasteiger partial charge in [0.2, 0.25) is 0 Å². The zero-order chi connectivity index (χ0) is 11.9. The Morgan fingerprint density at radius 3 is 2.75 bits per heavy atom. The average molecular weight is 222 g/mol. The molecule has 1 atom stereocenters. The van der Waals surface area contributed by atoms with Crippen LogP contribution in [0, 0.1) is 5.92 Å². The molecule has 2 aliphatic heterocycles. The van der Waals surface area contributed by atoms with Crippen LogP contribution in [0.3, 0.4) is 0 Å². The quantitative estimate of drug-likeness (QED) is 0.676. The maximum absolute atomic E-state index is 11.9. The van der Waals surface area contributed by atoms with Gasteiger partial charge in [-0.1, -0.05) is 13.8 Å². The van der Waals surface area contributed by atoms with Crippen molar-refractivity contribution >= 4 is 24.1 Å². The van der Waals surface area contributed by atoms with Crippen molar-refractivity contribution in [3.63, 3.8) is 0 Å². The van der Waals surface area contributed by atoms with Crippen molar-refractivity contribution in [3.8, 4) is 0 Å².